The molecule has 208 valence electrons. The molecule has 0 unspecified atom stereocenters. The van der Waals surface area contributed by atoms with Gasteiger partial charge in [-0.05, 0) is 41.0 Å². The number of nitrogens with two attached hydrogens (primary N) is 1. The van der Waals surface area contributed by atoms with Crippen molar-refractivity contribution in [1.29, 1.82) is 0 Å². The summed E-state index contributed by atoms with van der Waals surface area (Å²) in [6.45, 7) is 0. The Balaban J connectivity index is 1.50. The highest BCUT2D eigenvalue weighted by Crippen LogP contribution is 2.31. The molecule has 15 heteroatoms. The highest BCUT2D eigenvalue weighted by molar-refractivity contribution is 7.71. The molecule has 0 aliphatic carbocycles. The number of nitrogens with one attached hydrogen (secondary N) is 2. The molecule has 41 heavy (non-hydrogen) atoms. The molecule has 0 spiro atoms. The van der Waals surface area contributed by atoms with E-state index in [0.29, 0.717) is 28.3 Å². The Morgan fingerprint density at radius 3 is 2.46 bits per heavy atom. The van der Waals surface area contributed by atoms with Crippen LogP contribution in [-0.2, 0) is 16.5 Å². The number of rotatable bonds is 6. The lowest BCUT2D eigenvalue weighted by atomic mass is 10.0. The van der Waals surface area contributed by atoms with Gasteiger partial charge in [0.05, 0.1) is 16.7 Å². The minimum Gasteiger partial charge on any atom is -0.366 e. The largest absolute Gasteiger partial charge is 0.435 e. The van der Waals surface area contributed by atoms with Crippen molar-refractivity contribution >= 4 is 33.2 Å². The van der Waals surface area contributed by atoms with Crippen LogP contribution < -0.4 is 11.1 Å². The topological polar surface area (TPSA) is 149 Å². The monoisotopic (exact) mass is 583 g/mol. The standard InChI is InChI=1S/C26H17F4N7O3S/c27-19-11-14(18-7-2-1-4-16(18)13-41(39)40)8-9-20(19)32-24(38)21-12-22(26(28,29)30)36-37(21)17-6-3-5-15(10-17)23-33-25(31)35-34-23/h1-13H,(H,32,38)(H3,31,33,34,35). The molecule has 0 saturated carbocycles. The van der Waals surface area contributed by atoms with Gasteiger partial charge in [-0.15, -0.1) is 5.10 Å². The zero-order valence-corrected chi connectivity index (χ0v) is 21.3. The summed E-state index contributed by atoms with van der Waals surface area (Å²) in [4.78, 5) is 17.1. The summed E-state index contributed by atoms with van der Waals surface area (Å²) < 4.78 is 78.9. The van der Waals surface area contributed by atoms with Crippen LogP contribution in [0.1, 0.15) is 21.7 Å². The summed E-state index contributed by atoms with van der Waals surface area (Å²) in [5.74, 6) is -1.77. The van der Waals surface area contributed by atoms with Crippen molar-refractivity contribution in [3.05, 3.63) is 95.6 Å². The lowest BCUT2D eigenvalue weighted by molar-refractivity contribution is -0.141. The number of aromatic amines is 1. The van der Waals surface area contributed by atoms with Gasteiger partial charge in [0, 0.05) is 11.6 Å². The second-order valence-electron chi connectivity index (χ2n) is 8.53. The average Bonchev–Trinajstić information content (AvgIpc) is 3.57. The van der Waals surface area contributed by atoms with Gasteiger partial charge in [-0.3, -0.25) is 9.89 Å². The van der Waals surface area contributed by atoms with Crippen LogP contribution in [0.15, 0.2) is 72.8 Å². The number of amides is 1. The van der Waals surface area contributed by atoms with Gasteiger partial charge in [-0.2, -0.15) is 31.7 Å². The van der Waals surface area contributed by atoms with Crippen molar-refractivity contribution in [2.45, 2.75) is 6.18 Å². The third-order valence-electron chi connectivity index (χ3n) is 5.81. The van der Waals surface area contributed by atoms with Crippen LogP contribution in [-0.4, -0.2) is 44.7 Å². The SMILES string of the molecule is Nc1n[nH]c(-c2cccc(-n3nc(C(F)(F)F)cc3C(=O)Nc3ccc(-c4ccccc4C=S(=O)=O)cc3F)c2)n1. The Labute approximate surface area is 230 Å². The summed E-state index contributed by atoms with van der Waals surface area (Å²) in [5, 5.41) is 13.1. The van der Waals surface area contributed by atoms with Crippen molar-refractivity contribution in [3.63, 3.8) is 0 Å². The summed E-state index contributed by atoms with van der Waals surface area (Å²) >= 11 is 0. The van der Waals surface area contributed by atoms with Crippen molar-refractivity contribution in [1.82, 2.24) is 25.0 Å². The quantitative estimate of drug-likeness (QED) is 0.199. The lowest BCUT2D eigenvalue weighted by Gasteiger charge is -2.11. The molecule has 2 aromatic heterocycles. The fourth-order valence-electron chi connectivity index (χ4n) is 4.00. The third-order valence-corrected chi connectivity index (χ3v) is 6.26. The average molecular weight is 584 g/mol. The first kappa shape index (κ1) is 27.3. The fourth-order valence-corrected chi connectivity index (χ4v) is 4.42. The minimum atomic E-state index is -4.87. The molecule has 2 heterocycles. The van der Waals surface area contributed by atoms with Gasteiger partial charge >= 0.3 is 6.18 Å². The number of aromatic nitrogens is 5. The zero-order chi connectivity index (χ0) is 29.3. The molecule has 5 aromatic rings. The molecule has 0 aliphatic heterocycles. The first-order valence-electron chi connectivity index (χ1n) is 11.6. The van der Waals surface area contributed by atoms with E-state index >= 15 is 4.39 Å². The van der Waals surface area contributed by atoms with Crippen LogP contribution in [0.3, 0.4) is 0 Å². The highest BCUT2D eigenvalue weighted by Gasteiger charge is 2.36. The maximum absolute atomic E-state index is 15.1. The number of halogens is 4. The number of benzene rings is 3. The first-order valence-corrected chi connectivity index (χ1v) is 12.7. The van der Waals surface area contributed by atoms with E-state index in [2.05, 4.69) is 25.6 Å². The normalized spacial score (nSPS) is 11.3. The Morgan fingerprint density at radius 1 is 1.00 bits per heavy atom. The lowest BCUT2D eigenvalue weighted by Crippen LogP contribution is -2.17. The molecule has 10 nitrogen and oxygen atoms in total. The molecule has 0 aliphatic rings. The van der Waals surface area contributed by atoms with E-state index in [1.165, 1.54) is 36.4 Å². The molecular weight excluding hydrogens is 566 g/mol. The molecule has 1 amide bonds. The van der Waals surface area contributed by atoms with Gasteiger partial charge in [-0.1, -0.05) is 42.5 Å². The number of alkyl halides is 3. The number of nitrogen functional groups attached to an aromatic ring is 1. The number of anilines is 2. The van der Waals surface area contributed by atoms with E-state index in [4.69, 9.17) is 5.73 Å². The molecule has 3 aromatic carbocycles. The molecular formula is C26H17F4N7O3S. The Morgan fingerprint density at radius 2 is 1.78 bits per heavy atom. The molecule has 5 rings (SSSR count). The van der Waals surface area contributed by atoms with E-state index in [0.717, 1.165) is 16.1 Å². The maximum Gasteiger partial charge on any atom is 0.435 e. The second kappa shape index (κ2) is 10.7. The van der Waals surface area contributed by atoms with Crippen LogP contribution in [0.2, 0.25) is 0 Å². The van der Waals surface area contributed by atoms with E-state index in [1.54, 1.807) is 24.3 Å². The zero-order valence-electron chi connectivity index (χ0n) is 20.5. The number of hydrogen-bond acceptors (Lipinski definition) is 7. The van der Waals surface area contributed by atoms with Crippen LogP contribution in [0, 0.1) is 5.82 Å². The van der Waals surface area contributed by atoms with Crippen LogP contribution in [0.4, 0.5) is 29.2 Å². The van der Waals surface area contributed by atoms with E-state index < -0.39 is 39.6 Å². The Kier molecular flexibility index (Phi) is 7.11. The summed E-state index contributed by atoms with van der Waals surface area (Å²) in [5.41, 5.74) is 4.88. The van der Waals surface area contributed by atoms with Crippen LogP contribution >= 0.6 is 0 Å². The highest BCUT2D eigenvalue weighted by atomic mass is 32.2. The van der Waals surface area contributed by atoms with E-state index in [-0.39, 0.29) is 23.1 Å². The molecule has 0 saturated heterocycles. The molecule has 0 fully saturated rings. The predicted molar refractivity (Wildman–Crippen MR) is 142 cm³/mol. The minimum absolute atomic E-state index is 0.0426. The van der Waals surface area contributed by atoms with Gasteiger partial charge in [0.25, 0.3) is 5.91 Å². The summed E-state index contributed by atoms with van der Waals surface area (Å²) in [7, 11) is -2.50. The fraction of sp³-hybridized carbons (Fsp3) is 0.0385. The maximum atomic E-state index is 15.1. The van der Waals surface area contributed by atoms with Gasteiger partial charge in [-0.25, -0.2) is 9.07 Å². The predicted octanol–water partition coefficient (Wildman–Crippen LogP) is 4.35. The molecule has 0 bridgehead atoms. The smallest absolute Gasteiger partial charge is 0.366 e. The summed E-state index contributed by atoms with van der Waals surface area (Å²) in [6.07, 6.45) is -4.87. The van der Waals surface area contributed by atoms with Crippen LogP contribution in [0.25, 0.3) is 28.2 Å². The number of carbonyl (C=O) groups is 1. The van der Waals surface area contributed by atoms with Gasteiger partial charge in [0.2, 0.25) is 16.2 Å². The van der Waals surface area contributed by atoms with Gasteiger partial charge in [0.1, 0.15) is 11.5 Å². The van der Waals surface area contributed by atoms with Crippen molar-refractivity contribution in [3.8, 4) is 28.2 Å². The van der Waals surface area contributed by atoms with Crippen molar-refractivity contribution < 1.29 is 30.8 Å². The molecule has 0 atom stereocenters. The number of carbonyl (C=O) groups excluding carboxylic acids is 1. The van der Waals surface area contributed by atoms with Crippen molar-refractivity contribution in [2.75, 3.05) is 11.1 Å². The second-order valence-corrected chi connectivity index (χ2v) is 9.29. The molecule has 4 N–H and O–H groups in total. The Hall–Kier alpha value is -5.31. The number of nitrogens with zero attached hydrogens (tertiary/aromatic N) is 4. The van der Waals surface area contributed by atoms with Crippen molar-refractivity contribution in [2.24, 2.45) is 0 Å². The van der Waals surface area contributed by atoms with E-state index in [1.807, 2.05) is 0 Å². The summed E-state index contributed by atoms with van der Waals surface area (Å²) in [6, 6.07) is 16.6. The first-order chi connectivity index (χ1) is 19.5. The molecule has 0 radical (unpaired) electrons. The number of H-pyrrole nitrogens is 1. The van der Waals surface area contributed by atoms with Gasteiger partial charge in [0.15, 0.2) is 11.5 Å². The van der Waals surface area contributed by atoms with E-state index in [9.17, 15) is 26.4 Å². The van der Waals surface area contributed by atoms with Crippen LogP contribution in [0.5, 0.6) is 0 Å². The Bertz CT molecular complexity index is 1920. The third kappa shape index (κ3) is 5.84. The number of hydrogen-bond donors (Lipinski definition) is 3. The van der Waals surface area contributed by atoms with Gasteiger partial charge < -0.3 is 11.1 Å².